The SMILES string of the molecule is CSC1CCCC1NC(=O)NC(CO)C(=O)O. The number of carbonyl (C=O) groups excluding carboxylic acids is 1. The second-order valence-corrected chi connectivity index (χ2v) is 5.08. The molecule has 1 saturated carbocycles. The minimum Gasteiger partial charge on any atom is -0.480 e. The van der Waals surface area contributed by atoms with Gasteiger partial charge < -0.3 is 20.8 Å². The van der Waals surface area contributed by atoms with E-state index in [0.717, 1.165) is 19.3 Å². The number of hydrogen-bond acceptors (Lipinski definition) is 4. The molecule has 2 amide bonds. The summed E-state index contributed by atoms with van der Waals surface area (Å²) in [5, 5.41) is 22.8. The van der Waals surface area contributed by atoms with Crippen LogP contribution in [0.2, 0.25) is 0 Å². The number of hydrogen-bond donors (Lipinski definition) is 4. The third-order valence-corrected chi connectivity index (χ3v) is 4.03. The van der Waals surface area contributed by atoms with Crippen LogP contribution >= 0.6 is 11.8 Å². The van der Waals surface area contributed by atoms with Crippen molar-refractivity contribution in [3.8, 4) is 0 Å². The standard InChI is InChI=1S/C10H18N2O4S/c1-17-8-4-2-3-6(8)11-10(16)12-7(5-13)9(14)15/h6-8,13H,2-5H2,1H3,(H,14,15)(H2,11,12,16). The van der Waals surface area contributed by atoms with Crippen LogP contribution in [0, 0.1) is 0 Å². The van der Waals surface area contributed by atoms with Gasteiger partial charge in [-0.1, -0.05) is 6.42 Å². The van der Waals surface area contributed by atoms with E-state index >= 15 is 0 Å². The van der Waals surface area contributed by atoms with Crippen LogP contribution in [-0.2, 0) is 4.79 Å². The van der Waals surface area contributed by atoms with Gasteiger partial charge in [-0.3, -0.25) is 0 Å². The van der Waals surface area contributed by atoms with E-state index < -0.39 is 24.6 Å². The van der Waals surface area contributed by atoms with E-state index in [1.54, 1.807) is 11.8 Å². The first-order chi connectivity index (χ1) is 8.08. The molecular formula is C10H18N2O4S. The lowest BCUT2D eigenvalue weighted by Crippen LogP contribution is -2.51. The van der Waals surface area contributed by atoms with Crippen molar-refractivity contribution < 1.29 is 19.8 Å². The molecule has 17 heavy (non-hydrogen) atoms. The van der Waals surface area contributed by atoms with Crippen molar-refractivity contribution in [3.05, 3.63) is 0 Å². The highest BCUT2D eigenvalue weighted by molar-refractivity contribution is 7.99. The number of nitrogens with one attached hydrogen (secondary N) is 2. The number of aliphatic carboxylic acids is 1. The lowest BCUT2D eigenvalue weighted by Gasteiger charge is -2.20. The zero-order chi connectivity index (χ0) is 12.8. The minimum atomic E-state index is -1.25. The molecule has 3 unspecified atom stereocenters. The Morgan fingerprint density at radius 1 is 1.47 bits per heavy atom. The third kappa shape index (κ3) is 4.08. The lowest BCUT2D eigenvalue weighted by molar-refractivity contribution is -0.140. The normalized spacial score (nSPS) is 25.3. The molecule has 0 saturated heterocycles. The highest BCUT2D eigenvalue weighted by atomic mass is 32.2. The summed E-state index contributed by atoms with van der Waals surface area (Å²) < 4.78 is 0. The van der Waals surface area contributed by atoms with Crippen molar-refractivity contribution in [2.75, 3.05) is 12.9 Å². The number of carboxylic acid groups (broad SMARTS) is 1. The summed E-state index contributed by atoms with van der Waals surface area (Å²) in [5.41, 5.74) is 0. The van der Waals surface area contributed by atoms with Crippen LogP contribution in [0.4, 0.5) is 4.79 Å². The molecule has 0 aromatic heterocycles. The van der Waals surface area contributed by atoms with Crippen molar-refractivity contribution in [1.82, 2.24) is 10.6 Å². The number of carboxylic acids is 1. The van der Waals surface area contributed by atoms with Crippen LogP contribution in [-0.4, -0.2) is 52.4 Å². The van der Waals surface area contributed by atoms with E-state index in [1.165, 1.54) is 0 Å². The van der Waals surface area contributed by atoms with Crippen molar-refractivity contribution in [2.24, 2.45) is 0 Å². The van der Waals surface area contributed by atoms with Crippen molar-refractivity contribution >= 4 is 23.8 Å². The first-order valence-corrected chi connectivity index (χ1v) is 6.80. The first-order valence-electron chi connectivity index (χ1n) is 5.52. The average molecular weight is 262 g/mol. The summed E-state index contributed by atoms with van der Waals surface area (Å²) in [6.07, 6.45) is 5.04. The predicted octanol–water partition coefficient (Wildman–Crippen LogP) is 0.0152. The molecule has 1 rings (SSSR count). The molecule has 1 aliphatic rings. The third-order valence-electron chi connectivity index (χ3n) is 2.86. The Balaban J connectivity index is 2.41. The molecule has 3 atom stereocenters. The zero-order valence-electron chi connectivity index (χ0n) is 9.68. The largest absolute Gasteiger partial charge is 0.480 e. The van der Waals surface area contributed by atoms with Crippen LogP contribution in [0.25, 0.3) is 0 Å². The number of urea groups is 1. The van der Waals surface area contributed by atoms with E-state index in [9.17, 15) is 9.59 Å². The Labute approximate surface area is 104 Å². The number of amides is 2. The van der Waals surface area contributed by atoms with Gasteiger partial charge in [0, 0.05) is 11.3 Å². The summed E-state index contributed by atoms with van der Waals surface area (Å²) in [7, 11) is 0. The first kappa shape index (κ1) is 14.1. The topological polar surface area (TPSA) is 98.7 Å². The van der Waals surface area contributed by atoms with E-state index in [2.05, 4.69) is 10.6 Å². The fourth-order valence-corrected chi connectivity index (χ4v) is 2.86. The fraction of sp³-hybridized carbons (Fsp3) is 0.800. The van der Waals surface area contributed by atoms with Crippen LogP contribution in [0.5, 0.6) is 0 Å². The van der Waals surface area contributed by atoms with Gasteiger partial charge in [-0.25, -0.2) is 9.59 Å². The van der Waals surface area contributed by atoms with E-state index in [-0.39, 0.29) is 6.04 Å². The molecule has 98 valence electrons. The highest BCUT2D eigenvalue weighted by Gasteiger charge is 2.28. The van der Waals surface area contributed by atoms with Crippen molar-refractivity contribution in [1.29, 1.82) is 0 Å². The van der Waals surface area contributed by atoms with Crippen LogP contribution < -0.4 is 10.6 Å². The zero-order valence-corrected chi connectivity index (χ0v) is 10.5. The summed E-state index contributed by atoms with van der Waals surface area (Å²) in [4.78, 5) is 22.1. The molecule has 0 heterocycles. The Morgan fingerprint density at radius 3 is 2.71 bits per heavy atom. The minimum absolute atomic E-state index is 0.0816. The maximum absolute atomic E-state index is 11.5. The van der Waals surface area contributed by atoms with E-state index in [4.69, 9.17) is 10.2 Å². The van der Waals surface area contributed by atoms with Crippen molar-refractivity contribution in [2.45, 2.75) is 36.6 Å². The Hall–Kier alpha value is -0.950. The van der Waals surface area contributed by atoms with Gasteiger partial charge in [0.15, 0.2) is 6.04 Å². The number of carbonyl (C=O) groups is 2. The fourth-order valence-electron chi connectivity index (χ4n) is 1.93. The maximum Gasteiger partial charge on any atom is 0.328 e. The highest BCUT2D eigenvalue weighted by Crippen LogP contribution is 2.28. The number of aliphatic hydroxyl groups excluding tert-OH is 1. The molecular weight excluding hydrogens is 244 g/mol. The lowest BCUT2D eigenvalue weighted by atomic mass is 10.2. The summed E-state index contributed by atoms with van der Waals surface area (Å²) in [6, 6.07) is -1.69. The average Bonchev–Trinajstić information content (AvgIpc) is 2.72. The van der Waals surface area contributed by atoms with E-state index in [1.807, 2.05) is 6.26 Å². The van der Waals surface area contributed by atoms with Crippen LogP contribution in [0.3, 0.4) is 0 Å². The van der Waals surface area contributed by atoms with Gasteiger partial charge in [-0.05, 0) is 19.1 Å². The molecule has 0 spiro atoms. The quantitative estimate of drug-likeness (QED) is 0.559. The summed E-state index contributed by atoms with van der Waals surface area (Å²) in [6.45, 7) is -0.612. The van der Waals surface area contributed by atoms with E-state index in [0.29, 0.717) is 5.25 Å². The van der Waals surface area contributed by atoms with Gasteiger partial charge in [-0.2, -0.15) is 11.8 Å². The van der Waals surface area contributed by atoms with Gasteiger partial charge in [0.25, 0.3) is 0 Å². The molecule has 7 heteroatoms. The monoisotopic (exact) mass is 262 g/mol. The number of aliphatic hydroxyl groups is 1. The van der Waals surface area contributed by atoms with Gasteiger partial charge >= 0.3 is 12.0 Å². The van der Waals surface area contributed by atoms with Gasteiger partial charge in [0.1, 0.15) is 0 Å². The molecule has 1 aliphatic carbocycles. The molecule has 0 aromatic carbocycles. The smallest absolute Gasteiger partial charge is 0.328 e. The Kier molecular flexibility index (Phi) is 5.57. The Morgan fingerprint density at radius 2 is 2.18 bits per heavy atom. The van der Waals surface area contributed by atoms with Gasteiger partial charge in [0.05, 0.1) is 6.61 Å². The van der Waals surface area contributed by atoms with Crippen molar-refractivity contribution in [3.63, 3.8) is 0 Å². The number of thioether (sulfide) groups is 1. The second-order valence-electron chi connectivity index (χ2n) is 4.00. The Bertz CT molecular complexity index is 287. The molecule has 6 nitrogen and oxygen atoms in total. The molecule has 0 aliphatic heterocycles. The predicted molar refractivity (Wildman–Crippen MR) is 65.1 cm³/mol. The summed E-state index contributed by atoms with van der Waals surface area (Å²) in [5.74, 6) is -1.24. The maximum atomic E-state index is 11.5. The second kappa shape index (κ2) is 6.70. The van der Waals surface area contributed by atoms with Crippen LogP contribution in [0.1, 0.15) is 19.3 Å². The van der Waals surface area contributed by atoms with Crippen LogP contribution in [0.15, 0.2) is 0 Å². The molecule has 0 aromatic rings. The summed E-state index contributed by atoms with van der Waals surface area (Å²) >= 11 is 1.71. The number of rotatable bonds is 5. The molecule has 0 radical (unpaired) electrons. The van der Waals surface area contributed by atoms with Gasteiger partial charge in [-0.15, -0.1) is 0 Å². The molecule has 1 fully saturated rings. The van der Waals surface area contributed by atoms with Gasteiger partial charge in [0.2, 0.25) is 0 Å². The molecule has 0 bridgehead atoms. The molecule has 4 N–H and O–H groups in total.